The first-order valence-electron chi connectivity index (χ1n) is 6.53. The highest BCUT2D eigenvalue weighted by molar-refractivity contribution is 5.13. The van der Waals surface area contributed by atoms with Crippen LogP contribution in [0.2, 0.25) is 0 Å². The lowest BCUT2D eigenvalue weighted by Crippen LogP contribution is -2.49. The topological polar surface area (TPSA) is 47.7 Å². The van der Waals surface area contributed by atoms with E-state index in [4.69, 9.17) is 15.2 Å². The SMILES string of the molecule is NC[C@@H](COCc1ccccc1)N1CCOCC1. The Morgan fingerprint density at radius 2 is 1.94 bits per heavy atom. The predicted octanol–water partition coefficient (Wildman–Crippen LogP) is 0.863. The van der Waals surface area contributed by atoms with Crippen LogP contribution in [0.3, 0.4) is 0 Å². The molecule has 4 nitrogen and oxygen atoms in total. The van der Waals surface area contributed by atoms with Crippen molar-refractivity contribution in [3.8, 4) is 0 Å². The first-order chi connectivity index (χ1) is 8.90. The molecular formula is C14H22N2O2. The maximum atomic E-state index is 5.82. The number of benzene rings is 1. The molecule has 18 heavy (non-hydrogen) atoms. The van der Waals surface area contributed by atoms with E-state index in [9.17, 15) is 0 Å². The third-order valence-corrected chi connectivity index (χ3v) is 3.26. The van der Waals surface area contributed by atoms with Gasteiger partial charge in [-0.2, -0.15) is 0 Å². The minimum atomic E-state index is 0.303. The third-order valence-electron chi connectivity index (χ3n) is 3.26. The summed E-state index contributed by atoms with van der Waals surface area (Å²) in [4.78, 5) is 2.36. The minimum absolute atomic E-state index is 0.303. The fourth-order valence-electron chi connectivity index (χ4n) is 2.15. The molecule has 4 heteroatoms. The molecule has 0 saturated carbocycles. The van der Waals surface area contributed by atoms with Crippen LogP contribution in [0.5, 0.6) is 0 Å². The van der Waals surface area contributed by atoms with Gasteiger partial charge in [0.25, 0.3) is 0 Å². The zero-order valence-corrected chi connectivity index (χ0v) is 10.8. The maximum absolute atomic E-state index is 5.82. The Morgan fingerprint density at radius 1 is 1.22 bits per heavy atom. The summed E-state index contributed by atoms with van der Waals surface area (Å²) in [5.41, 5.74) is 7.02. The fraction of sp³-hybridized carbons (Fsp3) is 0.571. The van der Waals surface area contributed by atoms with E-state index in [0.29, 0.717) is 25.8 Å². The van der Waals surface area contributed by atoms with Crippen LogP contribution in [0.1, 0.15) is 5.56 Å². The zero-order valence-electron chi connectivity index (χ0n) is 10.8. The van der Waals surface area contributed by atoms with Gasteiger partial charge in [0.15, 0.2) is 0 Å². The lowest BCUT2D eigenvalue weighted by atomic mass is 10.2. The number of hydrogen-bond acceptors (Lipinski definition) is 4. The van der Waals surface area contributed by atoms with E-state index >= 15 is 0 Å². The molecule has 0 radical (unpaired) electrons. The average molecular weight is 250 g/mol. The molecule has 1 atom stereocenters. The van der Waals surface area contributed by atoms with Crippen LogP contribution >= 0.6 is 0 Å². The summed E-state index contributed by atoms with van der Waals surface area (Å²) in [5, 5.41) is 0. The molecule has 0 aromatic heterocycles. The molecule has 0 bridgehead atoms. The van der Waals surface area contributed by atoms with Gasteiger partial charge in [0.2, 0.25) is 0 Å². The summed E-state index contributed by atoms with van der Waals surface area (Å²) in [6.07, 6.45) is 0. The Bertz CT molecular complexity index is 326. The molecule has 1 heterocycles. The molecule has 1 aromatic carbocycles. The van der Waals surface area contributed by atoms with E-state index in [0.717, 1.165) is 26.3 Å². The second-order valence-corrected chi connectivity index (χ2v) is 4.54. The molecule has 1 aromatic rings. The fourth-order valence-corrected chi connectivity index (χ4v) is 2.15. The van der Waals surface area contributed by atoms with Crippen LogP contribution in [0.4, 0.5) is 0 Å². The van der Waals surface area contributed by atoms with Gasteiger partial charge < -0.3 is 15.2 Å². The monoisotopic (exact) mass is 250 g/mol. The van der Waals surface area contributed by atoms with Gasteiger partial charge in [0.1, 0.15) is 0 Å². The number of ether oxygens (including phenoxy) is 2. The van der Waals surface area contributed by atoms with Crippen molar-refractivity contribution in [3.05, 3.63) is 35.9 Å². The van der Waals surface area contributed by atoms with Crippen LogP contribution in [0.15, 0.2) is 30.3 Å². The standard InChI is InChI=1S/C14H22N2O2/c15-10-14(16-6-8-17-9-7-16)12-18-11-13-4-2-1-3-5-13/h1-5,14H,6-12,15H2/t14-/m0/s1. The molecule has 2 rings (SSSR count). The van der Waals surface area contributed by atoms with Crippen molar-refractivity contribution in [1.29, 1.82) is 0 Å². The van der Waals surface area contributed by atoms with E-state index in [2.05, 4.69) is 17.0 Å². The lowest BCUT2D eigenvalue weighted by molar-refractivity contribution is -0.0110. The number of hydrogen-bond donors (Lipinski definition) is 1. The van der Waals surface area contributed by atoms with Crippen molar-refractivity contribution in [1.82, 2.24) is 4.90 Å². The van der Waals surface area contributed by atoms with Gasteiger partial charge in [0, 0.05) is 25.7 Å². The second-order valence-electron chi connectivity index (χ2n) is 4.54. The molecule has 1 saturated heterocycles. The second kappa shape index (κ2) is 7.48. The Kier molecular flexibility index (Phi) is 5.61. The molecule has 0 amide bonds. The number of nitrogens with two attached hydrogens (primary N) is 1. The van der Waals surface area contributed by atoms with E-state index in [1.807, 2.05) is 18.2 Å². The Balaban J connectivity index is 1.73. The van der Waals surface area contributed by atoms with Crippen molar-refractivity contribution < 1.29 is 9.47 Å². The average Bonchev–Trinajstić information content (AvgIpc) is 2.46. The summed E-state index contributed by atoms with van der Waals surface area (Å²) >= 11 is 0. The Labute approximate surface area is 109 Å². The smallest absolute Gasteiger partial charge is 0.0717 e. The Morgan fingerprint density at radius 3 is 2.61 bits per heavy atom. The van der Waals surface area contributed by atoms with E-state index in [1.54, 1.807) is 0 Å². The van der Waals surface area contributed by atoms with Crippen molar-refractivity contribution in [2.24, 2.45) is 5.73 Å². The Hall–Kier alpha value is -0.940. The highest BCUT2D eigenvalue weighted by Gasteiger charge is 2.19. The maximum Gasteiger partial charge on any atom is 0.0717 e. The molecule has 1 aliphatic heterocycles. The van der Waals surface area contributed by atoms with Crippen molar-refractivity contribution in [3.63, 3.8) is 0 Å². The van der Waals surface area contributed by atoms with Gasteiger partial charge in [0.05, 0.1) is 26.4 Å². The van der Waals surface area contributed by atoms with Gasteiger partial charge >= 0.3 is 0 Å². The number of morpholine rings is 1. The summed E-state index contributed by atoms with van der Waals surface area (Å²) in [5.74, 6) is 0. The largest absolute Gasteiger partial charge is 0.379 e. The van der Waals surface area contributed by atoms with Crippen LogP contribution < -0.4 is 5.73 Å². The van der Waals surface area contributed by atoms with Gasteiger partial charge in [-0.15, -0.1) is 0 Å². The third kappa shape index (κ3) is 4.07. The highest BCUT2D eigenvalue weighted by atomic mass is 16.5. The van der Waals surface area contributed by atoms with E-state index in [-0.39, 0.29) is 0 Å². The quantitative estimate of drug-likeness (QED) is 0.813. The normalized spacial score (nSPS) is 18.7. The lowest BCUT2D eigenvalue weighted by Gasteiger charge is -2.33. The van der Waals surface area contributed by atoms with Crippen LogP contribution in [0, 0.1) is 0 Å². The minimum Gasteiger partial charge on any atom is -0.379 e. The highest BCUT2D eigenvalue weighted by Crippen LogP contribution is 2.06. The van der Waals surface area contributed by atoms with Gasteiger partial charge in [-0.3, -0.25) is 4.90 Å². The van der Waals surface area contributed by atoms with E-state index < -0.39 is 0 Å². The predicted molar refractivity (Wildman–Crippen MR) is 71.3 cm³/mol. The number of nitrogens with zero attached hydrogens (tertiary/aromatic N) is 1. The van der Waals surface area contributed by atoms with Crippen LogP contribution in [-0.2, 0) is 16.1 Å². The molecule has 0 spiro atoms. The van der Waals surface area contributed by atoms with Crippen molar-refractivity contribution in [2.75, 3.05) is 39.5 Å². The van der Waals surface area contributed by atoms with E-state index in [1.165, 1.54) is 5.56 Å². The summed E-state index contributed by atoms with van der Waals surface area (Å²) < 4.78 is 11.1. The summed E-state index contributed by atoms with van der Waals surface area (Å²) in [6.45, 7) is 5.49. The summed E-state index contributed by atoms with van der Waals surface area (Å²) in [7, 11) is 0. The molecule has 100 valence electrons. The molecule has 0 unspecified atom stereocenters. The molecular weight excluding hydrogens is 228 g/mol. The number of rotatable bonds is 6. The van der Waals surface area contributed by atoms with Gasteiger partial charge in [-0.25, -0.2) is 0 Å². The van der Waals surface area contributed by atoms with Crippen molar-refractivity contribution >= 4 is 0 Å². The van der Waals surface area contributed by atoms with Gasteiger partial charge in [-0.1, -0.05) is 30.3 Å². The molecule has 1 aliphatic rings. The molecule has 1 fully saturated rings. The summed E-state index contributed by atoms with van der Waals surface area (Å²) in [6, 6.07) is 10.5. The first-order valence-corrected chi connectivity index (χ1v) is 6.53. The van der Waals surface area contributed by atoms with Gasteiger partial charge in [-0.05, 0) is 5.56 Å². The molecule has 0 aliphatic carbocycles. The first kappa shape index (κ1) is 13.5. The van der Waals surface area contributed by atoms with Crippen LogP contribution in [0.25, 0.3) is 0 Å². The zero-order chi connectivity index (χ0) is 12.6. The van der Waals surface area contributed by atoms with Crippen molar-refractivity contribution in [2.45, 2.75) is 12.6 Å². The molecule has 2 N–H and O–H groups in total. The van der Waals surface area contributed by atoms with Crippen LogP contribution in [-0.4, -0.2) is 50.4 Å².